The number of thiazole rings is 1. The molecule has 0 fully saturated rings. The normalized spacial score (nSPS) is 11.3. The fraction of sp³-hybridized carbons (Fsp3) is 0.0625. The smallest absolute Gasteiger partial charge is 0.266 e. The highest BCUT2D eigenvalue weighted by molar-refractivity contribution is 7.90. The monoisotopic (exact) mass is 395 g/mol. The second-order valence-electron chi connectivity index (χ2n) is 5.22. The first-order valence-corrected chi connectivity index (χ1v) is 9.54. The van der Waals surface area contributed by atoms with Gasteiger partial charge in [0.25, 0.3) is 15.9 Å². The Kier molecular flexibility index (Phi) is 4.79. The van der Waals surface area contributed by atoms with E-state index < -0.39 is 27.6 Å². The molecule has 0 bridgehead atoms. The summed E-state index contributed by atoms with van der Waals surface area (Å²) in [6.45, 7) is 1.41. The maximum absolute atomic E-state index is 13.7. The van der Waals surface area contributed by atoms with E-state index in [4.69, 9.17) is 0 Å². The SMILES string of the molecule is Cc1cc(F)ccc1S(=O)(=O)NC(=O)c1csc(-c2ncccc2F)n1. The minimum absolute atomic E-state index is 0.0335. The third-order valence-corrected chi connectivity index (χ3v) is 5.69. The lowest BCUT2D eigenvalue weighted by atomic mass is 10.2. The molecule has 2 heterocycles. The molecule has 0 unspecified atom stereocenters. The standard InChI is InChI=1S/C16H11F2N3O3S2/c1-9-7-10(17)4-5-13(9)26(23,24)21-15(22)12-8-25-16(20-12)14-11(18)3-2-6-19-14/h2-8H,1H3,(H,21,22). The zero-order valence-corrected chi connectivity index (χ0v) is 14.9. The Morgan fingerprint density at radius 3 is 2.69 bits per heavy atom. The maximum Gasteiger partial charge on any atom is 0.284 e. The molecule has 0 atom stereocenters. The molecule has 0 saturated heterocycles. The van der Waals surface area contributed by atoms with Crippen molar-refractivity contribution in [2.24, 2.45) is 0 Å². The lowest BCUT2D eigenvalue weighted by Crippen LogP contribution is -2.31. The number of pyridine rings is 1. The molecule has 1 N–H and O–H groups in total. The predicted octanol–water partition coefficient (Wildman–Crippen LogP) is 2.91. The highest BCUT2D eigenvalue weighted by Crippen LogP contribution is 2.24. The van der Waals surface area contributed by atoms with Crippen molar-refractivity contribution in [2.75, 3.05) is 0 Å². The van der Waals surface area contributed by atoms with Gasteiger partial charge in [0.2, 0.25) is 0 Å². The summed E-state index contributed by atoms with van der Waals surface area (Å²) in [6, 6.07) is 5.71. The summed E-state index contributed by atoms with van der Waals surface area (Å²) in [6.07, 6.45) is 1.38. The Balaban J connectivity index is 1.86. The van der Waals surface area contributed by atoms with Gasteiger partial charge in [0.1, 0.15) is 22.2 Å². The maximum atomic E-state index is 13.7. The molecule has 134 valence electrons. The number of carbonyl (C=O) groups excluding carboxylic acids is 1. The molecule has 2 aromatic heterocycles. The van der Waals surface area contributed by atoms with Crippen molar-refractivity contribution in [3.8, 4) is 10.7 Å². The second kappa shape index (κ2) is 6.89. The summed E-state index contributed by atoms with van der Waals surface area (Å²) in [5.41, 5.74) is -0.0768. The molecule has 10 heteroatoms. The fourth-order valence-corrected chi connectivity index (χ4v) is 4.16. The molecule has 3 rings (SSSR count). The molecule has 0 aliphatic rings. The molecule has 3 aromatic rings. The number of aromatic nitrogens is 2. The van der Waals surface area contributed by atoms with Gasteiger partial charge in [-0.3, -0.25) is 9.78 Å². The number of halogens is 2. The van der Waals surface area contributed by atoms with Crippen LogP contribution in [-0.2, 0) is 10.0 Å². The quantitative estimate of drug-likeness (QED) is 0.734. The first-order chi connectivity index (χ1) is 12.3. The first kappa shape index (κ1) is 18.1. The molecule has 0 aliphatic carbocycles. The van der Waals surface area contributed by atoms with Gasteiger partial charge in [-0.25, -0.2) is 26.9 Å². The van der Waals surface area contributed by atoms with Crippen molar-refractivity contribution < 1.29 is 22.0 Å². The van der Waals surface area contributed by atoms with Crippen LogP contribution in [0.1, 0.15) is 16.1 Å². The van der Waals surface area contributed by atoms with Crippen LogP contribution in [0.4, 0.5) is 8.78 Å². The van der Waals surface area contributed by atoms with Crippen LogP contribution in [0, 0.1) is 18.6 Å². The lowest BCUT2D eigenvalue weighted by Gasteiger charge is -2.08. The van der Waals surface area contributed by atoms with Gasteiger partial charge in [0.15, 0.2) is 5.82 Å². The summed E-state index contributed by atoms with van der Waals surface area (Å²) >= 11 is 0.953. The van der Waals surface area contributed by atoms with Crippen molar-refractivity contribution >= 4 is 27.3 Å². The molecular formula is C16H11F2N3O3S2. The molecule has 6 nitrogen and oxygen atoms in total. The van der Waals surface area contributed by atoms with Gasteiger partial charge in [-0.15, -0.1) is 11.3 Å². The number of benzene rings is 1. The number of sulfonamides is 1. The van der Waals surface area contributed by atoms with Crippen molar-refractivity contribution in [1.29, 1.82) is 0 Å². The van der Waals surface area contributed by atoms with Crippen LogP contribution in [0.2, 0.25) is 0 Å². The number of nitrogens with zero attached hydrogens (tertiary/aromatic N) is 2. The number of nitrogens with one attached hydrogen (secondary N) is 1. The Labute approximate surface area is 151 Å². The molecule has 0 aliphatic heterocycles. The van der Waals surface area contributed by atoms with E-state index >= 15 is 0 Å². The summed E-state index contributed by atoms with van der Waals surface area (Å²) < 4.78 is 53.4. The van der Waals surface area contributed by atoms with E-state index in [0.717, 1.165) is 29.5 Å². The lowest BCUT2D eigenvalue weighted by molar-refractivity contribution is 0.0977. The first-order valence-electron chi connectivity index (χ1n) is 7.17. The van der Waals surface area contributed by atoms with Gasteiger partial charge < -0.3 is 0 Å². The van der Waals surface area contributed by atoms with Crippen LogP contribution in [-0.4, -0.2) is 24.3 Å². The minimum Gasteiger partial charge on any atom is -0.266 e. The van der Waals surface area contributed by atoms with E-state index in [0.29, 0.717) is 0 Å². The molecule has 26 heavy (non-hydrogen) atoms. The largest absolute Gasteiger partial charge is 0.284 e. The highest BCUT2D eigenvalue weighted by Gasteiger charge is 2.23. The molecule has 1 amide bonds. The Morgan fingerprint density at radius 2 is 2.00 bits per heavy atom. The fourth-order valence-electron chi connectivity index (χ4n) is 2.17. The average molecular weight is 395 g/mol. The Morgan fingerprint density at radius 1 is 1.23 bits per heavy atom. The summed E-state index contributed by atoms with van der Waals surface area (Å²) in [5.74, 6) is -2.18. The molecule has 0 radical (unpaired) electrons. The number of hydrogen-bond acceptors (Lipinski definition) is 6. The van der Waals surface area contributed by atoms with E-state index in [9.17, 15) is 22.0 Å². The van der Waals surface area contributed by atoms with E-state index in [1.165, 1.54) is 30.6 Å². The third kappa shape index (κ3) is 3.60. The number of carbonyl (C=O) groups is 1. The van der Waals surface area contributed by atoms with Crippen molar-refractivity contribution in [2.45, 2.75) is 11.8 Å². The number of rotatable bonds is 4. The van der Waals surface area contributed by atoms with Crippen LogP contribution in [0.25, 0.3) is 10.7 Å². The van der Waals surface area contributed by atoms with Crippen LogP contribution < -0.4 is 4.72 Å². The number of amides is 1. The van der Waals surface area contributed by atoms with Crippen LogP contribution >= 0.6 is 11.3 Å². The van der Waals surface area contributed by atoms with Gasteiger partial charge in [0.05, 0.1) is 4.90 Å². The van der Waals surface area contributed by atoms with Crippen molar-refractivity contribution in [3.05, 3.63) is 64.8 Å². The van der Waals surface area contributed by atoms with E-state index in [1.54, 1.807) is 0 Å². The van der Waals surface area contributed by atoms with Gasteiger partial charge >= 0.3 is 0 Å². The van der Waals surface area contributed by atoms with Gasteiger partial charge in [-0.2, -0.15) is 0 Å². The summed E-state index contributed by atoms with van der Waals surface area (Å²) in [7, 11) is -4.21. The zero-order chi connectivity index (χ0) is 18.9. The zero-order valence-electron chi connectivity index (χ0n) is 13.2. The minimum atomic E-state index is -4.21. The van der Waals surface area contributed by atoms with Gasteiger partial charge in [-0.05, 0) is 42.8 Å². The summed E-state index contributed by atoms with van der Waals surface area (Å²) in [5, 5.41) is 1.44. The number of hydrogen-bond donors (Lipinski definition) is 1. The Bertz CT molecular complexity index is 1100. The predicted molar refractivity (Wildman–Crippen MR) is 91.1 cm³/mol. The van der Waals surface area contributed by atoms with Crippen LogP contribution in [0.15, 0.2) is 46.8 Å². The Hall–Kier alpha value is -2.72. The van der Waals surface area contributed by atoms with E-state index in [2.05, 4.69) is 9.97 Å². The topological polar surface area (TPSA) is 89.0 Å². The van der Waals surface area contributed by atoms with E-state index in [1.807, 2.05) is 4.72 Å². The number of aryl methyl sites for hydroxylation is 1. The third-order valence-electron chi connectivity index (χ3n) is 3.35. The molecule has 0 saturated carbocycles. The second-order valence-corrected chi connectivity index (χ2v) is 7.73. The van der Waals surface area contributed by atoms with Gasteiger partial charge in [0, 0.05) is 11.6 Å². The molecule has 1 aromatic carbocycles. The van der Waals surface area contributed by atoms with Gasteiger partial charge in [-0.1, -0.05) is 0 Å². The molecule has 0 spiro atoms. The van der Waals surface area contributed by atoms with Crippen LogP contribution in [0.3, 0.4) is 0 Å². The van der Waals surface area contributed by atoms with Crippen molar-refractivity contribution in [3.63, 3.8) is 0 Å². The summed E-state index contributed by atoms with van der Waals surface area (Å²) in [4.78, 5) is 19.8. The van der Waals surface area contributed by atoms with Crippen molar-refractivity contribution in [1.82, 2.24) is 14.7 Å². The average Bonchev–Trinajstić information content (AvgIpc) is 3.04. The highest BCUT2D eigenvalue weighted by atomic mass is 32.2. The molecular weight excluding hydrogens is 384 g/mol. The van der Waals surface area contributed by atoms with Crippen LogP contribution in [0.5, 0.6) is 0 Å². The van der Waals surface area contributed by atoms with E-state index in [-0.39, 0.29) is 26.9 Å².